The van der Waals surface area contributed by atoms with Crippen molar-refractivity contribution >= 4 is 30.7 Å². The van der Waals surface area contributed by atoms with Crippen molar-refractivity contribution in [1.29, 1.82) is 0 Å². The third-order valence-corrected chi connectivity index (χ3v) is 4.03. The summed E-state index contributed by atoms with van der Waals surface area (Å²) < 4.78 is 0. The largest absolute Gasteiger partial charge is 0.351 e. The van der Waals surface area contributed by atoms with E-state index in [1.54, 1.807) is 0 Å². The zero-order valence-electron chi connectivity index (χ0n) is 14.6. The molecule has 138 valence electrons. The molecule has 1 aliphatic rings. The Kier molecular flexibility index (Phi) is 12.1. The Morgan fingerprint density at radius 2 is 1.83 bits per heavy atom. The van der Waals surface area contributed by atoms with Crippen molar-refractivity contribution in [3.05, 3.63) is 35.4 Å². The molecule has 1 aromatic rings. The normalized spacial score (nSPS) is 15.2. The van der Waals surface area contributed by atoms with Gasteiger partial charge in [0.1, 0.15) is 0 Å². The van der Waals surface area contributed by atoms with E-state index in [9.17, 15) is 4.79 Å². The van der Waals surface area contributed by atoms with E-state index in [2.05, 4.69) is 40.5 Å². The van der Waals surface area contributed by atoms with E-state index in [4.69, 9.17) is 0 Å². The van der Waals surface area contributed by atoms with Crippen LogP contribution in [0.5, 0.6) is 0 Å². The number of rotatable bonds is 7. The fourth-order valence-electron chi connectivity index (χ4n) is 2.62. The van der Waals surface area contributed by atoms with Gasteiger partial charge in [-0.25, -0.2) is 0 Å². The van der Waals surface area contributed by atoms with Crippen LogP contribution in [0.4, 0.5) is 0 Å². The molecule has 1 aromatic carbocycles. The quantitative estimate of drug-likeness (QED) is 0.709. The Bertz CT molecular complexity index is 479. The van der Waals surface area contributed by atoms with E-state index in [0.717, 1.165) is 51.4 Å². The lowest BCUT2D eigenvalue weighted by atomic mass is 10.1. The molecule has 2 N–H and O–H groups in total. The van der Waals surface area contributed by atoms with Gasteiger partial charge in [0.15, 0.2) is 0 Å². The van der Waals surface area contributed by atoms with Gasteiger partial charge in [-0.2, -0.15) is 0 Å². The molecule has 0 bridgehead atoms. The molecule has 0 saturated carbocycles. The first-order chi connectivity index (χ1) is 10.7. The van der Waals surface area contributed by atoms with Crippen LogP contribution in [0.25, 0.3) is 0 Å². The highest BCUT2D eigenvalue weighted by molar-refractivity contribution is 5.94. The zero-order valence-corrected chi connectivity index (χ0v) is 16.2. The van der Waals surface area contributed by atoms with Crippen molar-refractivity contribution in [1.82, 2.24) is 20.4 Å². The maximum Gasteiger partial charge on any atom is 0.251 e. The Morgan fingerprint density at radius 3 is 2.50 bits per heavy atom. The van der Waals surface area contributed by atoms with Crippen molar-refractivity contribution in [2.45, 2.75) is 13.5 Å². The molecule has 2 rings (SSSR count). The van der Waals surface area contributed by atoms with E-state index in [1.165, 1.54) is 5.56 Å². The predicted molar refractivity (Wildman–Crippen MR) is 105 cm³/mol. The number of hydrogen-bond donors (Lipinski definition) is 2. The topological polar surface area (TPSA) is 47.6 Å². The first kappa shape index (κ1) is 23.1. The first-order valence-corrected chi connectivity index (χ1v) is 8.18. The molecule has 0 atom stereocenters. The van der Waals surface area contributed by atoms with Crippen LogP contribution in [0.2, 0.25) is 0 Å². The molecule has 1 heterocycles. The maximum absolute atomic E-state index is 12.1. The van der Waals surface area contributed by atoms with E-state index in [-0.39, 0.29) is 30.7 Å². The summed E-state index contributed by atoms with van der Waals surface area (Å²) >= 11 is 0. The molecule has 1 aliphatic heterocycles. The third kappa shape index (κ3) is 7.81. The molecule has 1 amide bonds. The van der Waals surface area contributed by atoms with Crippen molar-refractivity contribution in [3.63, 3.8) is 0 Å². The van der Waals surface area contributed by atoms with E-state index >= 15 is 0 Å². The highest BCUT2D eigenvalue weighted by atomic mass is 35.5. The molecule has 24 heavy (non-hydrogen) atoms. The Labute approximate surface area is 158 Å². The average molecular weight is 377 g/mol. The lowest BCUT2D eigenvalue weighted by Crippen LogP contribution is -2.43. The molecule has 0 radical (unpaired) electrons. The highest BCUT2D eigenvalue weighted by Crippen LogP contribution is 2.10. The smallest absolute Gasteiger partial charge is 0.251 e. The third-order valence-electron chi connectivity index (χ3n) is 4.03. The van der Waals surface area contributed by atoms with Crippen LogP contribution in [-0.4, -0.2) is 68.6 Å². The van der Waals surface area contributed by atoms with Gasteiger partial charge in [-0.15, -0.1) is 24.8 Å². The fourth-order valence-corrected chi connectivity index (χ4v) is 2.62. The van der Waals surface area contributed by atoms with Gasteiger partial charge in [0, 0.05) is 51.4 Å². The first-order valence-electron chi connectivity index (χ1n) is 8.18. The van der Waals surface area contributed by atoms with Gasteiger partial charge in [-0.1, -0.05) is 19.1 Å². The molecule has 7 heteroatoms. The van der Waals surface area contributed by atoms with Crippen LogP contribution in [0.1, 0.15) is 22.8 Å². The number of amides is 1. The number of likely N-dealkylation sites (N-methyl/N-ethyl adjacent to an activating group) is 2. The predicted octanol–water partition coefficient (Wildman–Crippen LogP) is 1.62. The lowest BCUT2D eigenvalue weighted by Gasteiger charge is -2.32. The molecule has 0 aliphatic carbocycles. The molecule has 0 aromatic heterocycles. The highest BCUT2D eigenvalue weighted by Gasteiger charge is 2.14. The summed E-state index contributed by atoms with van der Waals surface area (Å²) in [6, 6.07) is 7.98. The van der Waals surface area contributed by atoms with Gasteiger partial charge < -0.3 is 15.5 Å². The number of piperazine rings is 1. The molecule has 0 unspecified atom stereocenters. The average Bonchev–Trinajstić information content (AvgIpc) is 2.54. The van der Waals surface area contributed by atoms with Crippen molar-refractivity contribution < 1.29 is 4.79 Å². The standard InChI is InChI=1S/C17H28N4O.2ClH/c1-3-18-7-8-19-17(22)16-6-4-5-15(13-16)14-21-11-9-20(2)10-12-21;;/h4-6,13,18H,3,7-12,14H2,1-2H3,(H,19,22);2*1H. The summed E-state index contributed by atoms with van der Waals surface area (Å²) in [7, 11) is 2.16. The summed E-state index contributed by atoms with van der Waals surface area (Å²) in [6.45, 7) is 9.80. The number of benzene rings is 1. The summed E-state index contributed by atoms with van der Waals surface area (Å²) in [5.74, 6) is 0.0122. The second-order valence-electron chi connectivity index (χ2n) is 5.89. The number of carbonyl (C=O) groups is 1. The monoisotopic (exact) mass is 376 g/mol. The second kappa shape index (κ2) is 12.5. The maximum atomic E-state index is 12.1. The van der Waals surface area contributed by atoms with Crippen LogP contribution in [-0.2, 0) is 6.54 Å². The number of nitrogens with zero attached hydrogens (tertiary/aromatic N) is 2. The number of halogens is 2. The Hall–Kier alpha value is -0.850. The lowest BCUT2D eigenvalue weighted by molar-refractivity contribution is 0.0953. The van der Waals surface area contributed by atoms with E-state index < -0.39 is 0 Å². The Morgan fingerprint density at radius 1 is 1.12 bits per heavy atom. The van der Waals surface area contributed by atoms with Crippen molar-refractivity contribution in [3.8, 4) is 0 Å². The van der Waals surface area contributed by atoms with Gasteiger partial charge in [-0.05, 0) is 31.3 Å². The van der Waals surface area contributed by atoms with Crippen LogP contribution < -0.4 is 10.6 Å². The van der Waals surface area contributed by atoms with Gasteiger partial charge in [-0.3, -0.25) is 9.69 Å². The molecule has 1 saturated heterocycles. The SMILES string of the molecule is CCNCCNC(=O)c1cccc(CN2CCN(C)CC2)c1.Cl.Cl. The van der Waals surface area contributed by atoms with E-state index in [1.807, 2.05) is 18.2 Å². The van der Waals surface area contributed by atoms with Crippen LogP contribution in [0, 0.1) is 0 Å². The molecule has 1 fully saturated rings. The van der Waals surface area contributed by atoms with E-state index in [0.29, 0.717) is 6.54 Å². The van der Waals surface area contributed by atoms with Crippen LogP contribution in [0.15, 0.2) is 24.3 Å². The molecular formula is C17H30Cl2N4O. The van der Waals surface area contributed by atoms with Gasteiger partial charge >= 0.3 is 0 Å². The zero-order chi connectivity index (χ0) is 15.8. The molecule has 5 nitrogen and oxygen atoms in total. The summed E-state index contributed by atoms with van der Waals surface area (Å²) in [6.07, 6.45) is 0. The van der Waals surface area contributed by atoms with Gasteiger partial charge in [0.05, 0.1) is 0 Å². The minimum atomic E-state index is 0. The summed E-state index contributed by atoms with van der Waals surface area (Å²) in [5.41, 5.74) is 1.96. The molecule has 0 spiro atoms. The Balaban J connectivity index is 0.00000264. The van der Waals surface area contributed by atoms with Gasteiger partial charge in [0.25, 0.3) is 5.91 Å². The van der Waals surface area contributed by atoms with Gasteiger partial charge in [0.2, 0.25) is 0 Å². The summed E-state index contributed by atoms with van der Waals surface area (Å²) in [4.78, 5) is 16.9. The minimum Gasteiger partial charge on any atom is -0.351 e. The van der Waals surface area contributed by atoms with Crippen LogP contribution >= 0.6 is 24.8 Å². The van der Waals surface area contributed by atoms with Crippen molar-refractivity contribution in [2.75, 3.05) is 52.9 Å². The number of carbonyl (C=O) groups excluding carboxylic acids is 1. The number of hydrogen-bond acceptors (Lipinski definition) is 4. The second-order valence-corrected chi connectivity index (χ2v) is 5.89. The summed E-state index contributed by atoms with van der Waals surface area (Å²) in [5, 5.41) is 6.15. The number of nitrogens with one attached hydrogen (secondary N) is 2. The minimum absolute atomic E-state index is 0. The van der Waals surface area contributed by atoms with Crippen molar-refractivity contribution in [2.24, 2.45) is 0 Å². The fraction of sp³-hybridized carbons (Fsp3) is 0.588. The van der Waals surface area contributed by atoms with Crippen LogP contribution in [0.3, 0.4) is 0 Å². The molecular weight excluding hydrogens is 347 g/mol.